The van der Waals surface area contributed by atoms with E-state index in [9.17, 15) is 0 Å². The van der Waals surface area contributed by atoms with Crippen molar-refractivity contribution in [1.29, 1.82) is 0 Å². The van der Waals surface area contributed by atoms with Crippen molar-refractivity contribution in [2.75, 3.05) is 39.3 Å². The Balaban J connectivity index is 1.28. The van der Waals surface area contributed by atoms with E-state index in [4.69, 9.17) is 4.74 Å². The van der Waals surface area contributed by atoms with Crippen LogP contribution in [0.15, 0.2) is 0 Å². The van der Waals surface area contributed by atoms with Gasteiger partial charge in [0.2, 0.25) is 0 Å². The Morgan fingerprint density at radius 3 is 2.38 bits per heavy atom. The van der Waals surface area contributed by atoms with E-state index in [0.717, 1.165) is 32.2 Å². The summed E-state index contributed by atoms with van der Waals surface area (Å²) in [5, 5.41) is 3.89. The van der Waals surface area contributed by atoms with E-state index in [1.165, 1.54) is 38.8 Å². The molecule has 4 aliphatic rings. The molecule has 0 aromatic carbocycles. The van der Waals surface area contributed by atoms with Gasteiger partial charge in [-0.05, 0) is 77.8 Å². The third-order valence-corrected chi connectivity index (χ3v) is 7.45. The van der Waals surface area contributed by atoms with Gasteiger partial charge in [0.05, 0.1) is 6.61 Å². The van der Waals surface area contributed by atoms with Crippen LogP contribution in [0, 0.1) is 11.3 Å². The summed E-state index contributed by atoms with van der Waals surface area (Å²) in [5.41, 5.74) is 0.763. The van der Waals surface area contributed by atoms with Crippen LogP contribution in [0.5, 0.6) is 0 Å². The topological polar surface area (TPSA) is 27.7 Å². The first-order valence-electron chi connectivity index (χ1n) is 10.3. The average Bonchev–Trinajstić information content (AvgIpc) is 3.27. The second-order valence-corrected chi connectivity index (χ2v) is 9.64. The molecular weight excluding hydrogens is 298 g/mol. The zero-order valence-electron chi connectivity index (χ0n) is 16.2. The Morgan fingerprint density at radius 2 is 1.75 bits per heavy atom. The predicted molar refractivity (Wildman–Crippen MR) is 98.3 cm³/mol. The van der Waals surface area contributed by atoms with Crippen molar-refractivity contribution in [2.24, 2.45) is 11.3 Å². The molecule has 3 saturated heterocycles. The van der Waals surface area contributed by atoms with Crippen LogP contribution in [-0.4, -0.2) is 72.9 Å². The lowest BCUT2D eigenvalue weighted by Crippen LogP contribution is -2.72. The normalized spacial score (nSPS) is 40.2. The van der Waals surface area contributed by atoms with Gasteiger partial charge < -0.3 is 15.0 Å². The van der Waals surface area contributed by atoms with Crippen molar-refractivity contribution in [3.05, 3.63) is 0 Å². The molecule has 138 valence electrons. The van der Waals surface area contributed by atoms with Crippen LogP contribution in [-0.2, 0) is 4.74 Å². The zero-order valence-corrected chi connectivity index (χ0v) is 16.2. The highest BCUT2D eigenvalue weighted by Gasteiger charge is 2.59. The van der Waals surface area contributed by atoms with Crippen LogP contribution in [0.3, 0.4) is 0 Å². The number of likely N-dealkylation sites (tertiary alicyclic amines) is 2. The highest BCUT2D eigenvalue weighted by atomic mass is 16.5. The van der Waals surface area contributed by atoms with Crippen LogP contribution < -0.4 is 5.32 Å². The average molecular weight is 336 g/mol. The fourth-order valence-corrected chi connectivity index (χ4v) is 5.49. The van der Waals surface area contributed by atoms with E-state index < -0.39 is 0 Å². The minimum atomic E-state index is 0.126. The number of morpholine rings is 1. The van der Waals surface area contributed by atoms with E-state index >= 15 is 0 Å². The molecule has 3 aliphatic heterocycles. The molecule has 24 heavy (non-hydrogen) atoms. The Bertz CT molecular complexity index is 450. The highest BCUT2D eigenvalue weighted by Crippen LogP contribution is 2.61. The summed E-state index contributed by atoms with van der Waals surface area (Å²) in [6.07, 6.45) is 5.66. The van der Waals surface area contributed by atoms with Crippen molar-refractivity contribution in [3.63, 3.8) is 0 Å². The maximum atomic E-state index is 6.41. The van der Waals surface area contributed by atoms with Crippen molar-refractivity contribution in [3.8, 4) is 0 Å². The Morgan fingerprint density at radius 1 is 1.00 bits per heavy atom. The molecule has 4 fully saturated rings. The summed E-state index contributed by atoms with van der Waals surface area (Å²) in [5.74, 6) is 0.864. The minimum Gasteiger partial charge on any atom is -0.369 e. The standard InChI is InChI=1S/C20H37N3O/c1-15(2)22-8-5-6-19(7-9-22)10-17(19)18-11-24-20(12-21-18)13-23(14-20)16(3)4/h15-18,21H,5-14H2,1-4H3. The van der Waals surface area contributed by atoms with Crippen molar-refractivity contribution in [2.45, 2.75) is 77.1 Å². The molecule has 3 atom stereocenters. The predicted octanol–water partition coefficient (Wildman–Crippen LogP) is 2.34. The second-order valence-electron chi connectivity index (χ2n) is 9.64. The molecule has 3 unspecified atom stereocenters. The molecule has 0 aromatic heterocycles. The summed E-state index contributed by atoms with van der Waals surface area (Å²) < 4.78 is 6.41. The molecule has 0 aromatic rings. The highest BCUT2D eigenvalue weighted by molar-refractivity contribution is 5.11. The lowest BCUT2D eigenvalue weighted by atomic mass is 9.87. The van der Waals surface area contributed by atoms with Gasteiger partial charge in [-0.3, -0.25) is 4.90 Å². The molecule has 0 radical (unpaired) electrons. The van der Waals surface area contributed by atoms with Crippen molar-refractivity contribution >= 4 is 0 Å². The summed E-state index contributed by atoms with van der Waals surface area (Å²) in [7, 11) is 0. The van der Waals surface area contributed by atoms with Gasteiger partial charge in [0.15, 0.2) is 0 Å². The molecule has 4 rings (SSSR count). The maximum Gasteiger partial charge on any atom is 0.106 e. The molecule has 1 N–H and O–H groups in total. The van der Waals surface area contributed by atoms with Gasteiger partial charge >= 0.3 is 0 Å². The molecule has 1 aliphatic carbocycles. The number of nitrogens with zero attached hydrogens (tertiary/aromatic N) is 2. The van der Waals surface area contributed by atoms with Crippen molar-refractivity contribution in [1.82, 2.24) is 15.1 Å². The fourth-order valence-electron chi connectivity index (χ4n) is 5.49. The molecular formula is C20H37N3O. The van der Waals surface area contributed by atoms with Crippen LogP contribution in [0.2, 0.25) is 0 Å². The third kappa shape index (κ3) is 3.04. The largest absolute Gasteiger partial charge is 0.369 e. The van der Waals surface area contributed by atoms with E-state index in [2.05, 4.69) is 42.8 Å². The quantitative estimate of drug-likeness (QED) is 0.857. The SMILES string of the molecule is CC(C)N1CCCC2(CC1)CC2C1COC2(CN1)CN(C(C)C)C2. The maximum absolute atomic E-state index is 6.41. The molecule has 3 heterocycles. The summed E-state index contributed by atoms with van der Waals surface area (Å²) >= 11 is 0. The van der Waals surface area contributed by atoms with Gasteiger partial charge in [0, 0.05) is 37.8 Å². The first-order chi connectivity index (χ1) is 11.4. The molecule has 0 bridgehead atoms. The number of rotatable bonds is 3. The van der Waals surface area contributed by atoms with Gasteiger partial charge in [-0.1, -0.05) is 0 Å². The lowest BCUT2D eigenvalue weighted by Gasteiger charge is -2.54. The number of hydrogen-bond acceptors (Lipinski definition) is 4. The first-order valence-corrected chi connectivity index (χ1v) is 10.3. The minimum absolute atomic E-state index is 0.126. The molecule has 1 saturated carbocycles. The Labute approximate surface area is 148 Å². The fraction of sp³-hybridized carbons (Fsp3) is 1.00. The monoisotopic (exact) mass is 335 g/mol. The van der Waals surface area contributed by atoms with Crippen LogP contribution in [0.25, 0.3) is 0 Å². The number of nitrogens with one attached hydrogen (secondary N) is 1. The van der Waals surface area contributed by atoms with E-state index in [1.54, 1.807) is 0 Å². The van der Waals surface area contributed by atoms with E-state index in [-0.39, 0.29) is 5.60 Å². The van der Waals surface area contributed by atoms with Gasteiger partial charge in [-0.25, -0.2) is 0 Å². The lowest BCUT2D eigenvalue weighted by molar-refractivity contribution is -0.176. The summed E-state index contributed by atoms with van der Waals surface area (Å²) in [4.78, 5) is 5.20. The summed E-state index contributed by atoms with van der Waals surface area (Å²) in [6.45, 7) is 16.1. The smallest absolute Gasteiger partial charge is 0.106 e. The number of ether oxygens (including phenoxy) is 1. The Kier molecular flexibility index (Phi) is 4.48. The summed E-state index contributed by atoms with van der Waals surface area (Å²) in [6, 6.07) is 1.96. The van der Waals surface area contributed by atoms with Crippen LogP contribution in [0.1, 0.15) is 53.4 Å². The van der Waals surface area contributed by atoms with Gasteiger partial charge in [-0.2, -0.15) is 0 Å². The molecule has 4 nitrogen and oxygen atoms in total. The molecule has 0 amide bonds. The third-order valence-electron chi connectivity index (χ3n) is 7.45. The van der Waals surface area contributed by atoms with E-state index in [1.807, 2.05) is 0 Å². The van der Waals surface area contributed by atoms with Gasteiger partial charge in [0.25, 0.3) is 0 Å². The van der Waals surface area contributed by atoms with Gasteiger partial charge in [0.1, 0.15) is 5.60 Å². The van der Waals surface area contributed by atoms with Gasteiger partial charge in [-0.15, -0.1) is 0 Å². The number of hydrogen-bond donors (Lipinski definition) is 1. The van der Waals surface area contributed by atoms with E-state index in [0.29, 0.717) is 23.5 Å². The zero-order chi connectivity index (χ0) is 16.9. The second kappa shape index (κ2) is 6.22. The first kappa shape index (κ1) is 17.3. The van der Waals surface area contributed by atoms with Crippen LogP contribution in [0.4, 0.5) is 0 Å². The molecule has 4 heteroatoms. The van der Waals surface area contributed by atoms with Crippen LogP contribution >= 0.6 is 0 Å². The molecule has 2 spiro atoms. The van der Waals surface area contributed by atoms with Crippen molar-refractivity contribution < 1.29 is 4.74 Å². The Hall–Kier alpha value is -0.160.